The highest BCUT2D eigenvalue weighted by Gasteiger charge is 2.20. The third-order valence-electron chi connectivity index (χ3n) is 4.38. The maximum absolute atomic E-state index is 12.1. The number of carbonyl (C=O) groups is 2. The Hall–Kier alpha value is -1.85. The lowest BCUT2D eigenvalue weighted by atomic mass is 10.1. The molecular formula is C17H28N4O2. The monoisotopic (exact) mass is 320 g/mol. The molecule has 1 aromatic rings. The standard InChI is InChI=1S/C17H28N4O2/c1-3-6-14(17-18-11-12-21(17)2)20-16(23)10-9-15(22)19-13-7-4-5-8-13/h11-14H,3-10H2,1-2H3,(H,19,22)(H,20,23). The number of imidazole rings is 1. The molecule has 0 saturated heterocycles. The van der Waals surface area contributed by atoms with Crippen LogP contribution in [0.1, 0.15) is 70.2 Å². The molecule has 6 heteroatoms. The van der Waals surface area contributed by atoms with E-state index in [9.17, 15) is 9.59 Å². The van der Waals surface area contributed by atoms with Crippen LogP contribution in [0.5, 0.6) is 0 Å². The van der Waals surface area contributed by atoms with Gasteiger partial charge in [-0.25, -0.2) is 4.98 Å². The van der Waals surface area contributed by atoms with Crippen molar-refractivity contribution in [3.8, 4) is 0 Å². The summed E-state index contributed by atoms with van der Waals surface area (Å²) in [5.74, 6) is 0.750. The SMILES string of the molecule is CCCC(NC(=O)CCC(=O)NC1CCCC1)c1nccn1C. The van der Waals surface area contributed by atoms with E-state index in [1.54, 1.807) is 6.20 Å². The van der Waals surface area contributed by atoms with Gasteiger partial charge >= 0.3 is 0 Å². The lowest BCUT2D eigenvalue weighted by molar-refractivity contribution is -0.127. The van der Waals surface area contributed by atoms with E-state index in [1.165, 1.54) is 12.8 Å². The van der Waals surface area contributed by atoms with Gasteiger partial charge in [0.15, 0.2) is 0 Å². The first kappa shape index (κ1) is 17.5. The fourth-order valence-corrected chi connectivity index (χ4v) is 3.13. The van der Waals surface area contributed by atoms with Crippen LogP contribution < -0.4 is 10.6 Å². The van der Waals surface area contributed by atoms with Gasteiger partial charge in [0.25, 0.3) is 0 Å². The first-order chi connectivity index (χ1) is 11.1. The summed E-state index contributed by atoms with van der Waals surface area (Å²) in [6, 6.07) is 0.219. The first-order valence-electron chi connectivity index (χ1n) is 8.66. The lowest BCUT2D eigenvalue weighted by Gasteiger charge is -2.18. The van der Waals surface area contributed by atoms with E-state index in [1.807, 2.05) is 17.8 Å². The minimum Gasteiger partial charge on any atom is -0.353 e. The van der Waals surface area contributed by atoms with Gasteiger partial charge in [0, 0.05) is 38.3 Å². The van der Waals surface area contributed by atoms with Crippen LogP contribution in [0.15, 0.2) is 12.4 Å². The molecule has 0 radical (unpaired) electrons. The zero-order valence-electron chi connectivity index (χ0n) is 14.2. The minimum atomic E-state index is -0.0922. The predicted octanol–water partition coefficient (Wildman–Crippen LogP) is 2.22. The molecule has 0 spiro atoms. The molecule has 1 aliphatic rings. The molecule has 1 heterocycles. The largest absolute Gasteiger partial charge is 0.353 e. The summed E-state index contributed by atoms with van der Waals surface area (Å²) in [4.78, 5) is 28.4. The van der Waals surface area contributed by atoms with Crippen LogP contribution in [0.3, 0.4) is 0 Å². The van der Waals surface area contributed by atoms with Crippen LogP contribution in [0.2, 0.25) is 0 Å². The maximum Gasteiger partial charge on any atom is 0.221 e. The van der Waals surface area contributed by atoms with E-state index in [0.29, 0.717) is 6.04 Å². The van der Waals surface area contributed by atoms with E-state index in [2.05, 4.69) is 22.5 Å². The number of hydrogen-bond acceptors (Lipinski definition) is 3. The summed E-state index contributed by atoms with van der Waals surface area (Å²) in [6.07, 6.45) is 10.4. The molecule has 0 aromatic carbocycles. The van der Waals surface area contributed by atoms with Gasteiger partial charge in [-0.1, -0.05) is 26.2 Å². The molecule has 1 atom stereocenters. The van der Waals surface area contributed by atoms with Crippen molar-refractivity contribution in [1.82, 2.24) is 20.2 Å². The number of nitrogens with one attached hydrogen (secondary N) is 2. The van der Waals surface area contributed by atoms with Crippen molar-refractivity contribution in [3.05, 3.63) is 18.2 Å². The molecule has 2 amide bonds. The quantitative estimate of drug-likeness (QED) is 0.771. The smallest absolute Gasteiger partial charge is 0.221 e. The number of carbonyl (C=O) groups excluding carboxylic acids is 2. The number of amides is 2. The number of aromatic nitrogens is 2. The molecule has 0 bridgehead atoms. The number of nitrogens with zero attached hydrogens (tertiary/aromatic N) is 2. The predicted molar refractivity (Wildman–Crippen MR) is 88.6 cm³/mol. The van der Waals surface area contributed by atoms with Crippen molar-refractivity contribution >= 4 is 11.8 Å². The molecule has 1 aliphatic carbocycles. The molecule has 6 nitrogen and oxygen atoms in total. The molecule has 2 N–H and O–H groups in total. The van der Waals surface area contributed by atoms with E-state index in [0.717, 1.165) is 31.5 Å². The average molecular weight is 320 g/mol. The fraction of sp³-hybridized carbons (Fsp3) is 0.706. The Labute approximate surface area is 138 Å². The zero-order valence-corrected chi connectivity index (χ0v) is 14.2. The highest BCUT2D eigenvalue weighted by Crippen LogP contribution is 2.18. The van der Waals surface area contributed by atoms with Gasteiger partial charge in [0.1, 0.15) is 5.82 Å². The summed E-state index contributed by atoms with van der Waals surface area (Å²) in [5.41, 5.74) is 0. The van der Waals surface area contributed by atoms with Gasteiger partial charge in [-0.3, -0.25) is 9.59 Å². The van der Waals surface area contributed by atoms with Crippen molar-refractivity contribution in [2.24, 2.45) is 7.05 Å². The maximum atomic E-state index is 12.1. The second-order valence-corrected chi connectivity index (χ2v) is 6.35. The summed E-state index contributed by atoms with van der Waals surface area (Å²) in [5, 5.41) is 6.02. The van der Waals surface area contributed by atoms with Crippen LogP contribution in [-0.4, -0.2) is 27.4 Å². The van der Waals surface area contributed by atoms with Crippen molar-refractivity contribution < 1.29 is 9.59 Å². The molecule has 0 aliphatic heterocycles. The third-order valence-corrected chi connectivity index (χ3v) is 4.38. The van der Waals surface area contributed by atoms with Crippen molar-refractivity contribution in [2.45, 2.75) is 70.4 Å². The molecule has 1 unspecified atom stereocenters. The van der Waals surface area contributed by atoms with Gasteiger partial charge in [0.05, 0.1) is 6.04 Å². The van der Waals surface area contributed by atoms with Gasteiger partial charge in [-0.05, 0) is 19.3 Å². The minimum absolute atomic E-state index is 0.0175. The van der Waals surface area contributed by atoms with E-state index in [4.69, 9.17) is 0 Å². The Bertz CT molecular complexity index is 520. The van der Waals surface area contributed by atoms with Crippen LogP contribution in [-0.2, 0) is 16.6 Å². The second kappa shape index (κ2) is 8.70. The second-order valence-electron chi connectivity index (χ2n) is 6.35. The van der Waals surface area contributed by atoms with Gasteiger partial charge < -0.3 is 15.2 Å². The molecule has 1 saturated carbocycles. The Morgan fingerprint density at radius 2 is 2.00 bits per heavy atom. The Kier molecular flexibility index (Phi) is 6.62. The van der Waals surface area contributed by atoms with Crippen molar-refractivity contribution in [2.75, 3.05) is 0 Å². The molecule has 2 rings (SSSR count). The Morgan fingerprint density at radius 3 is 2.61 bits per heavy atom. The van der Waals surface area contributed by atoms with Gasteiger partial charge in [0.2, 0.25) is 11.8 Å². The van der Waals surface area contributed by atoms with Crippen LogP contribution in [0.4, 0.5) is 0 Å². The Morgan fingerprint density at radius 1 is 1.30 bits per heavy atom. The zero-order chi connectivity index (χ0) is 16.7. The molecule has 23 heavy (non-hydrogen) atoms. The fourth-order valence-electron chi connectivity index (χ4n) is 3.13. The Balaban J connectivity index is 1.77. The van der Waals surface area contributed by atoms with Crippen LogP contribution in [0.25, 0.3) is 0 Å². The molecule has 1 aromatic heterocycles. The summed E-state index contributed by atoms with van der Waals surface area (Å²) < 4.78 is 1.92. The van der Waals surface area contributed by atoms with E-state index >= 15 is 0 Å². The summed E-state index contributed by atoms with van der Waals surface area (Å²) >= 11 is 0. The molecular weight excluding hydrogens is 292 g/mol. The summed E-state index contributed by atoms with van der Waals surface area (Å²) in [7, 11) is 1.92. The number of rotatable bonds is 8. The van der Waals surface area contributed by atoms with E-state index in [-0.39, 0.29) is 30.7 Å². The number of hydrogen-bond donors (Lipinski definition) is 2. The third kappa shape index (κ3) is 5.37. The van der Waals surface area contributed by atoms with Crippen molar-refractivity contribution in [3.63, 3.8) is 0 Å². The van der Waals surface area contributed by atoms with Crippen LogP contribution in [0, 0.1) is 0 Å². The topological polar surface area (TPSA) is 76.0 Å². The normalized spacial score (nSPS) is 16.3. The molecule has 1 fully saturated rings. The summed E-state index contributed by atoms with van der Waals surface area (Å²) in [6.45, 7) is 2.08. The number of aryl methyl sites for hydroxylation is 1. The van der Waals surface area contributed by atoms with E-state index < -0.39 is 0 Å². The van der Waals surface area contributed by atoms with Crippen LogP contribution >= 0.6 is 0 Å². The highest BCUT2D eigenvalue weighted by atomic mass is 16.2. The van der Waals surface area contributed by atoms with Gasteiger partial charge in [-0.2, -0.15) is 0 Å². The molecule has 128 valence electrons. The highest BCUT2D eigenvalue weighted by molar-refractivity contribution is 5.84. The average Bonchev–Trinajstić information content (AvgIpc) is 3.16. The lowest BCUT2D eigenvalue weighted by Crippen LogP contribution is -2.34. The van der Waals surface area contributed by atoms with Crippen molar-refractivity contribution in [1.29, 1.82) is 0 Å². The first-order valence-corrected chi connectivity index (χ1v) is 8.66. The van der Waals surface area contributed by atoms with Gasteiger partial charge in [-0.15, -0.1) is 0 Å².